The van der Waals surface area contributed by atoms with Crippen LogP contribution in [0, 0.1) is 0 Å². The van der Waals surface area contributed by atoms with E-state index in [0.29, 0.717) is 35.2 Å². The van der Waals surface area contributed by atoms with E-state index in [4.69, 9.17) is 13.9 Å². The standard InChI is InChI=1S/C22H23N5O4/c1-26-18(13-17(25-26)16-12-15(29-2)7-8-20(16)30-3)22(28)23-14-19(21-6-4-11-31-21)27-10-5-9-24-27/h4-13,19H,14H2,1-3H3,(H,23,28). The van der Waals surface area contributed by atoms with Crippen LogP contribution in [0.15, 0.2) is 65.5 Å². The van der Waals surface area contributed by atoms with E-state index in [2.05, 4.69) is 15.5 Å². The van der Waals surface area contributed by atoms with Crippen LogP contribution in [0.5, 0.6) is 11.5 Å². The molecule has 0 aliphatic carbocycles. The number of hydrogen-bond acceptors (Lipinski definition) is 6. The molecule has 1 aromatic carbocycles. The second-order valence-corrected chi connectivity index (χ2v) is 6.83. The number of nitrogens with zero attached hydrogens (tertiary/aromatic N) is 4. The van der Waals surface area contributed by atoms with Gasteiger partial charge in [-0.05, 0) is 42.5 Å². The molecule has 1 atom stereocenters. The van der Waals surface area contributed by atoms with Crippen molar-refractivity contribution in [1.82, 2.24) is 24.9 Å². The zero-order valence-electron chi connectivity index (χ0n) is 17.5. The number of amides is 1. The van der Waals surface area contributed by atoms with Gasteiger partial charge in [-0.25, -0.2) is 0 Å². The Morgan fingerprint density at radius 1 is 1.19 bits per heavy atom. The van der Waals surface area contributed by atoms with E-state index in [1.165, 1.54) is 0 Å². The summed E-state index contributed by atoms with van der Waals surface area (Å²) in [5.74, 6) is 1.76. The minimum atomic E-state index is -0.264. The van der Waals surface area contributed by atoms with E-state index in [1.807, 2.05) is 36.5 Å². The molecule has 160 valence electrons. The average Bonchev–Trinajstić information content (AvgIpc) is 3.56. The topological polar surface area (TPSA) is 96.3 Å². The van der Waals surface area contributed by atoms with Gasteiger partial charge in [0, 0.05) is 31.5 Å². The molecule has 0 aliphatic heterocycles. The van der Waals surface area contributed by atoms with Gasteiger partial charge in [0.1, 0.15) is 29.0 Å². The number of furan rings is 1. The maximum Gasteiger partial charge on any atom is 0.269 e. The summed E-state index contributed by atoms with van der Waals surface area (Å²) in [5.41, 5.74) is 1.76. The summed E-state index contributed by atoms with van der Waals surface area (Å²) in [6.45, 7) is 0.303. The lowest BCUT2D eigenvalue weighted by Crippen LogP contribution is -2.32. The first kappa shape index (κ1) is 20.3. The largest absolute Gasteiger partial charge is 0.497 e. The molecule has 9 heteroatoms. The van der Waals surface area contributed by atoms with Crippen molar-refractivity contribution in [3.05, 3.63) is 72.6 Å². The fourth-order valence-corrected chi connectivity index (χ4v) is 3.38. The molecule has 4 rings (SSSR count). The Morgan fingerprint density at radius 3 is 2.74 bits per heavy atom. The fourth-order valence-electron chi connectivity index (χ4n) is 3.38. The van der Waals surface area contributed by atoms with Crippen LogP contribution in [0.2, 0.25) is 0 Å². The summed E-state index contributed by atoms with van der Waals surface area (Å²) in [6, 6.07) is 12.4. The van der Waals surface area contributed by atoms with Gasteiger partial charge >= 0.3 is 0 Å². The molecule has 0 radical (unpaired) electrons. The first-order chi connectivity index (χ1) is 15.1. The molecule has 0 bridgehead atoms. The SMILES string of the molecule is COc1ccc(OC)c(-c2cc(C(=O)NCC(c3ccco3)n3cccn3)n(C)n2)c1. The molecule has 3 aromatic heterocycles. The van der Waals surface area contributed by atoms with Gasteiger partial charge in [0.2, 0.25) is 0 Å². The Hall–Kier alpha value is -4.01. The molecule has 0 aliphatic rings. The number of carbonyl (C=O) groups is 1. The lowest BCUT2D eigenvalue weighted by molar-refractivity contribution is 0.0938. The molecule has 1 amide bonds. The van der Waals surface area contributed by atoms with Gasteiger partial charge in [0.25, 0.3) is 5.91 Å². The average molecular weight is 421 g/mol. The van der Waals surface area contributed by atoms with Gasteiger partial charge in [-0.1, -0.05) is 0 Å². The predicted octanol–water partition coefficient (Wildman–Crippen LogP) is 2.91. The number of hydrogen-bond donors (Lipinski definition) is 1. The maximum absolute atomic E-state index is 12.9. The molecular weight excluding hydrogens is 398 g/mol. The monoisotopic (exact) mass is 421 g/mol. The fraction of sp³-hybridized carbons (Fsp3) is 0.227. The molecule has 1 N–H and O–H groups in total. The molecule has 31 heavy (non-hydrogen) atoms. The van der Waals surface area contributed by atoms with Crippen molar-refractivity contribution in [2.45, 2.75) is 6.04 Å². The zero-order valence-corrected chi connectivity index (χ0v) is 17.5. The van der Waals surface area contributed by atoms with E-state index in [-0.39, 0.29) is 11.9 Å². The van der Waals surface area contributed by atoms with Crippen LogP contribution >= 0.6 is 0 Å². The summed E-state index contributed by atoms with van der Waals surface area (Å²) in [7, 11) is 4.91. The summed E-state index contributed by atoms with van der Waals surface area (Å²) >= 11 is 0. The summed E-state index contributed by atoms with van der Waals surface area (Å²) < 4.78 is 19.6. The first-order valence-corrected chi connectivity index (χ1v) is 9.68. The number of nitrogens with one attached hydrogen (secondary N) is 1. The van der Waals surface area contributed by atoms with Crippen molar-refractivity contribution < 1.29 is 18.7 Å². The highest BCUT2D eigenvalue weighted by atomic mass is 16.5. The molecule has 0 saturated carbocycles. The lowest BCUT2D eigenvalue weighted by Gasteiger charge is -2.16. The number of aromatic nitrogens is 4. The Kier molecular flexibility index (Phi) is 5.74. The lowest BCUT2D eigenvalue weighted by atomic mass is 10.1. The molecule has 0 saturated heterocycles. The van der Waals surface area contributed by atoms with Crippen molar-refractivity contribution in [1.29, 1.82) is 0 Å². The van der Waals surface area contributed by atoms with Crippen LogP contribution in [-0.4, -0.2) is 46.2 Å². The van der Waals surface area contributed by atoms with E-state index < -0.39 is 0 Å². The van der Waals surface area contributed by atoms with E-state index in [0.717, 1.165) is 5.56 Å². The molecule has 4 aromatic rings. The van der Waals surface area contributed by atoms with Gasteiger partial charge in [0.15, 0.2) is 0 Å². The van der Waals surface area contributed by atoms with Gasteiger partial charge in [-0.15, -0.1) is 0 Å². The summed E-state index contributed by atoms with van der Waals surface area (Å²) in [5, 5.41) is 11.7. The maximum atomic E-state index is 12.9. The molecule has 9 nitrogen and oxygen atoms in total. The quantitative estimate of drug-likeness (QED) is 0.470. The Balaban J connectivity index is 1.56. The molecule has 0 spiro atoms. The number of aryl methyl sites for hydroxylation is 1. The summed E-state index contributed by atoms with van der Waals surface area (Å²) in [6.07, 6.45) is 5.12. The Labute approximate surface area is 179 Å². The smallest absolute Gasteiger partial charge is 0.269 e. The highest BCUT2D eigenvalue weighted by Gasteiger charge is 2.21. The Bertz CT molecular complexity index is 1110. The first-order valence-electron chi connectivity index (χ1n) is 9.68. The Morgan fingerprint density at radius 2 is 2.06 bits per heavy atom. The van der Waals surface area contributed by atoms with Gasteiger partial charge in [-0.2, -0.15) is 10.2 Å². The third kappa shape index (κ3) is 4.16. The highest BCUT2D eigenvalue weighted by Crippen LogP contribution is 2.33. The van der Waals surface area contributed by atoms with E-state index >= 15 is 0 Å². The van der Waals surface area contributed by atoms with Crippen LogP contribution in [0.1, 0.15) is 22.3 Å². The van der Waals surface area contributed by atoms with Crippen LogP contribution in [0.4, 0.5) is 0 Å². The second-order valence-electron chi connectivity index (χ2n) is 6.83. The van der Waals surface area contributed by atoms with E-state index in [9.17, 15) is 4.79 Å². The minimum Gasteiger partial charge on any atom is -0.497 e. The highest BCUT2D eigenvalue weighted by molar-refractivity contribution is 5.94. The number of methoxy groups -OCH3 is 2. The van der Waals surface area contributed by atoms with Crippen LogP contribution < -0.4 is 14.8 Å². The normalized spacial score (nSPS) is 11.8. The van der Waals surface area contributed by atoms with Gasteiger partial charge in [0.05, 0.1) is 26.2 Å². The van der Waals surface area contributed by atoms with Crippen molar-refractivity contribution in [2.24, 2.45) is 7.05 Å². The molecule has 0 fully saturated rings. The minimum absolute atomic E-state index is 0.258. The molecule has 3 heterocycles. The van der Waals surface area contributed by atoms with Crippen molar-refractivity contribution in [2.75, 3.05) is 20.8 Å². The molecule has 1 unspecified atom stereocenters. The molecular formula is C22H23N5O4. The van der Waals surface area contributed by atoms with E-state index in [1.54, 1.807) is 55.2 Å². The number of carbonyl (C=O) groups excluding carboxylic acids is 1. The van der Waals surface area contributed by atoms with Gasteiger partial charge < -0.3 is 19.2 Å². The van der Waals surface area contributed by atoms with Crippen LogP contribution in [-0.2, 0) is 7.05 Å². The predicted molar refractivity (Wildman–Crippen MR) is 113 cm³/mol. The van der Waals surface area contributed by atoms with Crippen molar-refractivity contribution >= 4 is 5.91 Å². The number of benzene rings is 1. The third-order valence-electron chi connectivity index (χ3n) is 4.97. The number of ether oxygens (including phenoxy) is 2. The zero-order chi connectivity index (χ0) is 21.8. The van der Waals surface area contributed by atoms with Crippen LogP contribution in [0.3, 0.4) is 0 Å². The second kappa shape index (κ2) is 8.78. The van der Waals surface area contributed by atoms with Crippen molar-refractivity contribution in [3.63, 3.8) is 0 Å². The van der Waals surface area contributed by atoms with Crippen molar-refractivity contribution in [3.8, 4) is 22.8 Å². The third-order valence-corrected chi connectivity index (χ3v) is 4.97. The summed E-state index contributed by atoms with van der Waals surface area (Å²) in [4.78, 5) is 12.9. The van der Waals surface area contributed by atoms with Crippen LogP contribution in [0.25, 0.3) is 11.3 Å². The number of rotatable bonds is 8. The van der Waals surface area contributed by atoms with Gasteiger partial charge in [-0.3, -0.25) is 14.2 Å².